The minimum atomic E-state index is -3.88. The van der Waals surface area contributed by atoms with Crippen LogP contribution in [0.1, 0.15) is 96.6 Å². The number of amides is 2. The lowest BCUT2D eigenvalue weighted by atomic mass is 9.91. The van der Waals surface area contributed by atoms with Crippen LogP contribution in [-0.4, -0.2) is 70.4 Å². The normalized spacial score (nSPS) is 30.1. The molecule has 4 heterocycles. The number of fused-ring (bicyclic) bond motifs is 2. The highest BCUT2D eigenvalue weighted by Crippen LogP contribution is 2.57. The third-order valence-electron chi connectivity index (χ3n) is 10.3. The summed E-state index contributed by atoms with van der Waals surface area (Å²) < 4.78 is 33.8. The van der Waals surface area contributed by atoms with Crippen molar-refractivity contribution < 1.29 is 27.5 Å². The number of thiazole rings is 1. The van der Waals surface area contributed by atoms with Crippen LogP contribution in [0.4, 0.5) is 0 Å². The molecule has 1 saturated heterocycles. The Bertz CT molecular complexity index is 1670. The molecule has 2 aliphatic carbocycles. The van der Waals surface area contributed by atoms with E-state index in [2.05, 4.69) is 23.6 Å². The smallest absolute Gasteiger partial charge is 0.240 e. The first kappa shape index (κ1) is 33.7. The van der Waals surface area contributed by atoms with E-state index >= 15 is 0 Å². The molecule has 47 heavy (non-hydrogen) atoms. The summed E-state index contributed by atoms with van der Waals surface area (Å²) >= 11 is 1.51. The monoisotopic (exact) mass is 683 g/mol. The predicted octanol–water partition coefficient (Wildman–Crippen LogP) is 4.49. The highest BCUT2D eigenvalue weighted by Gasteiger charge is 2.62. The standard InChI is InChI=1S/C34H45N5O6S2/c1-21(2)27-20-46-30(37-27)26-15-23(11-14-36-26)45-24-16-28-29(40)18-34(32(42)38-47(43,44)33(3)12-13-33)17-22(34)9-7-5-4-6-8-10-25(35)31(41)39(28)19-24/h7,9,11,14-15,20-22,24-25,28H,4-6,8,10,12-13,16-19,35H2,1-3H3,(H,38,42)/b9-7-/t22-,24-,25+,28+,34-/m1/s1. The number of nitrogens with one attached hydrogen (secondary N) is 1. The molecule has 2 aromatic rings. The van der Waals surface area contributed by atoms with Crippen molar-refractivity contribution in [3.8, 4) is 16.5 Å². The molecule has 2 aliphatic heterocycles. The SMILES string of the molecule is CC(C)c1csc(-c2cc(O[C@@H]3C[C@H]4C(=O)C[C@]5(C(=O)NS(=O)(=O)C6(C)CC6)C[C@H]5/C=C\CCCCC[C@H](N)C(=O)N4C3)ccn2)n1. The first-order valence-corrected chi connectivity index (χ1v) is 19.1. The van der Waals surface area contributed by atoms with E-state index in [0.717, 1.165) is 36.4 Å². The van der Waals surface area contributed by atoms with Gasteiger partial charge in [0.15, 0.2) is 5.78 Å². The molecule has 3 N–H and O–H groups in total. The summed E-state index contributed by atoms with van der Waals surface area (Å²) in [7, 11) is -3.88. The van der Waals surface area contributed by atoms with Crippen molar-refractivity contribution in [2.24, 2.45) is 17.1 Å². The van der Waals surface area contributed by atoms with Crippen molar-refractivity contribution in [1.82, 2.24) is 19.6 Å². The number of ether oxygens (including phenoxy) is 1. The third kappa shape index (κ3) is 7.03. The number of hydrogen-bond donors (Lipinski definition) is 2. The van der Waals surface area contributed by atoms with Gasteiger partial charge in [0, 0.05) is 30.5 Å². The minimum Gasteiger partial charge on any atom is -0.488 e. The molecule has 6 rings (SSSR count). The number of Topliss-reactive ketones (excluding diaryl/α,β-unsaturated/α-hetero) is 1. The van der Waals surface area contributed by atoms with Gasteiger partial charge in [-0.2, -0.15) is 0 Å². The summed E-state index contributed by atoms with van der Waals surface area (Å²) in [6.07, 6.45) is 10.5. The maximum absolute atomic E-state index is 14.1. The lowest BCUT2D eigenvalue weighted by molar-refractivity contribution is -0.140. The molecule has 3 fully saturated rings. The van der Waals surface area contributed by atoms with E-state index < -0.39 is 44.3 Å². The van der Waals surface area contributed by atoms with Crippen molar-refractivity contribution in [1.29, 1.82) is 0 Å². The zero-order valence-electron chi connectivity index (χ0n) is 27.3. The number of nitrogens with two attached hydrogens (primary N) is 1. The fourth-order valence-corrected chi connectivity index (χ4v) is 8.93. The van der Waals surface area contributed by atoms with Crippen LogP contribution in [0.5, 0.6) is 5.75 Å². The highest BCUT2D eigenvalue weighted by molar-refractivity contribution is 7.91. The minimum absolute atomic E-state index is 0.169. The Balaban J connectivity index is 1.23. The van der Waals surface area contributed by atoms with Gasteiger partial charge in [-0.3, -0.25) is 24.1 Å². The Morgan fingerprint density at radius 1 is 1.21 bits per heavy atom. The molecule has 0 spiro atoms. The maximum Gasteiger partial charge on any atom is 0.240 e. The molecular weight excluding hydrogens is 639 g/mol. The second kappa shape index (κ2) is 13.0. The molecule has 0 bridgehead atoms. The Hall–Kier alpha value is -3.16. The molecule has 13 heteroatoms. The van der Waals surface area contributed by atoms with Gasteiger partial charge >= 0.3 is 0 Å². The zero-order chi connectivity index (χ0) is 33.6. The first-order valence-electron chi connectivity index (χ1n) is 16.7. The number of pyridine rings is 1. The molecule has 11 nitrogen and oxygen atoms in total. The molecule has 2 aromatic heterocycles. The zero-order valence-corrected chi connectivity index (χ0v) is 28.9. The van der Waals surface area contributed by atoms with Gasteiger partial charge in [0.2, 0.25) is 21.8 Å². The van der Waals surface area contributed by atoms with E-state index in [1.807, 2.05) is 23.6 Å². The van der Waals surface area contributed by atoms with E-state index in [9.17, 15) is 22.8 Å². The average molecular weight is 684 g/mol. The largest absolute Gasteiger partial charge is 0.488 e. The Morgan fingerprint density at radius 3 is 2.72 bits per heavy atom. The summed E-state index contributed by atoms with van der Waals surface area (Å²) in [4.78, 5) is 52.2. The molecule has 5 atom stereocenters. The summed E-state index contributed by atoms with van der Waals surface area (Å²) in [5.41, 5.74) is 6.88. The van der Waals surface area contributed by atoms with Gasteiger partial charge in [-0.1, -0.05) is 38.8 Å². The molecular formula is C34H45N5O6S2. The van der Waals surface area contributed by atoms with E-state index in [4.69, 9.17) is 15.5 Å². The summed E-state index contributed by atoms with van der Waals surface area (Å²) in [5, 5.41) is 2.80. The van der Waals surface area contributed by atoms with Crippen LogP contribution in [0.25, 0.3) is 10.7 Å². The molecule has 254 valence electrons. The molecule has 4 aliphatic rings. The topological polar surface area (TPSA) is 162 Å². The van der Waals surface area contributed by atoms with Crippen molar-refractivity contribution in [3.63, 3.8) is 0 Å². The van der Waals surface area contributed by atoms with Crippen molar-refractivity contribution in [2.75, 3.05) is 6.54 Å². The van der Waals surface area contributed by atoms with Gasteiger partial charge in [-0.25, -0.2) is 13.4 Å². The summed E-state index contributed by atoms with van der Waals surface area (Å²) in [6, 6.07) is 1.96. The third-order valence-corrected chi connectivity index (χ3v) is 13.3. The van der Waals surface area contributed by atoms with E-state index in [0.29, 0.717) is 43.0 Å². The van der Waals surface area contributed by atoms with Gasteiger partial charge in [-0.05, 0) is 63.4 Å². The average Bonchev–Trinajstić information content (AvgIpc) is 3.80. The first-order chi connectivity index (χ1) is 22.3. The maximum atomic E-state index is 14.1. The lowest BCUT2D eigenvalue weighted by Crippen LogP contribution is -2.50. The predicted molar refractivity (Wildman–Crippen MR) is 179 cm³/mol. The molecule has 2 saturated carbocycles. The number of carbonyl (C=O) groups excluding carboxylic acids is 3. The van der Waals surface area contributed by atoms with E-state index in [-0.39, 0.29) is 37.0 Å². The quantitative estimate of drug-likeness (QED) is 0.401. The number of nitrogens with zero attached hydrogens (tertiary/aromatic N) is 3. The number of carbonyl (C=O) groups is 3. The number of allylic oxidation sites excluding steroid dienone is 2. The molecule has 0 radical (unpaired) electrons. The number of sulfonamides is 1. The van der Waals surface area contributed by atoms with Crippen LogP contribution in [0.3, 0.4) is 0 Å². The van der Waals surface area contributed by atoms with Gasteiger partial charge in [0.05, 0.1) is 34.5 Å². The van der Waals surface area contributed by atoms with Crippen molar-refractivity contribution >= 4 is 39.0 Å². The van der Waals surface area contributed by atoms with Gasteiger partial charge in [-0.15, -0.1) is 11.3 Å². The van der Waals surface area contributed by atoms with Crippen LogP contribution in [0.15, 0.2) is 35.9 Å². The van der Waals surface area contributed by atoms with Crippen molar-refractivity contribution in [3.05, 3.63) is 41.6 Å². The summed E-state index contributed by atoms with van der Waals surface area (Å²) in [6.45, 7) is 5.97. The molecule has 2 amide bonds. The van der Waals surface area contributed by atoms with Crippen LogP contribution >= 0.6 is 11.3 Å². The number of ketones is 1. The van der Waals surface area contributed by atoms with Gasteiger partial charge in [0.1, 0.15) is 22.6 Å². The number of aromatic nitrogens is 2. The Kier molecular flexibility index (Phi) is 9.36. The van der Waals surface area contributed by atoms with Gasteiger partial charge < -0.3 is 15.4 Å². The number of rotatable bonds is 7. The Labute approximate surface area is 280 Å². The van der Waals surface area contributed by atoms with Gasteiger partial charge in [0.25, 0.3) is 0 Å². The fourth-order valence-electron chi connectivity index (χ4n) is 6.65. The second-order valence-corrected chi connectivity index (χ2v) is 17.3. The van der Waals surface area contributed by atoms with E-state index in [1.165, 1.54) is 16.2 Å². The van der Waals surface area contributed by atoms with E-state index in [1.54, 1.807) is 19.2 Å². The van der Waals surface area contributed by atoms with Crippen LogP contribution in [0.2, 0.25) is 0 Å². The molecule has 0 unspecified atom stereocenters. The summed E-state index contributed by atoms with van der Waals surface area (Å²) in [5.74, 6) is -0.635. The lowest BCUT2D eigenvalue weighted by Gasteiger charge is -2.27. The fraction of sp³-hybridized carbons (Fsp3) is 0.618. The van der Waals surface area contributed by atoms with Crippen LogP contribution < -0.4 is 15.2 Å². The Morgan fingerprint density at radius 2 is 2.00 bits per heavy atom. The van der Waals surface area contributed by atoms with Crippen molar-refractivity contribution in [2.45, 2.75) is 114 Å². The number of hydrogen-bond acceptors (Lipinski definition) is 10. The molecule has 0 aromatic carbocycles. The van der Waals surface area contributed by atoms with Crippen LogP contribution in [0, 0.1) is 11.3 Å². The van der Waals surface area contributed by atoms with Crippen LogP contribution in [-0.2, 0) is 24.4 Å². The highest BCUT2D eigenvalue weighted by atomic mass is 32.2. The second-order valence-electron chi connectivity index (χ2n) is 14.3.